The van der Waals surface area contributed by atoms with Gasteiger partial charge in [-0.05, 0) is 25.2 Å². The molecule has 0 aliphatic heterocycles. The molecule has 0 spiro atoms. The third kappa shape index (κ3) is 3.00. The second kappa shape index (κ2) is 4.48. The second-order valence-electron chi connectivity index (χ2n) is 3.32. The van der Waals surface area contributed by atoms with Crippen molar-refractivity contribution in [3.63, 3.8) is 0 Å². The molecule has 0 aliphatic carbocycles. The maximum atomic E-state index is 7.49. The van der Waals surface area contributed by atoms with Crippen molar-refractivity contribution in [3.05, 3.63) is 0 Å². The van der Waals surface area contributed by atoms with Crippen molar-refractivity contribution in [2.24, 2.45) is 11.8 Å². The summed E-state index contributed by atoms with van der Waals surface area (Å²) in [6.07, 6.45) is 2.37. The predicted molar refractivity (Wildman–Crippen MR) is 46.6 cm³/mol. The average molecular weight is 141 g/mol. The summed E-state index contributed by atoms with van der Waals surface area (Å²) in [7, 11) is 0. The van der Waals surface area contributed by atoms with Gasteiger partial charge in [-0.3, -0.25) is 0 Å². The zero-order valence-corrected chi connectivity index (χ0v) is 7.57. The van der Waals surface area contributed by atoms with E-state index in [0.29, 0.717) is 11.8 Å². The number of nitrogens with one attached hydrogen (secondary N) is 1. The first kappa shape index (κ1) is 9.67. The molecule has 0 aromatic rings. The normalized spacial score (nSPS) is 13.7. The highest BCUT2D eigenvalue weighted by atomic mass is 14.4. The van der Waals surface area contributed by atoms with Crippen LogP contribution >= 0.6 is 0 Å². The Balaban J connectivity index is 3.85. The molecular formula is C9H19N. The highest BCUT2D eigenvalue weighted by Gasteiger charge is 2.13. The van der Waals surface area contributed by atoms with Gasteiger partial charge in [0.05, 0.1) is 0 Å². The molecule has 0 saturated carbocycles. The van der Waals surface area contributed by atoms with Gasteiger partial charge in [0.2, 0.25) is 0 Å². The Morgan fingerprint density at radius 3 is 2.00 bits per heavy atom. The molecular weight excluding hydrogens is 122 g/mol. The molecule has 1 nitrogen and oxygen atoms in total. The van der Waals surface area contributed by atoms with Gasteiger partial charge in [-0.1, -0.05) is 27.2 Å². The zero-order chi connectivity index (χ0) is 8.15. The van der Waals surface area contributed by atoms with Crippen molar-refractivity contribution in [1.82, 2.24) is 0 Å². The number of hydrogen-bond acceptors (Lipinski definition) is 1. The smallest absolute Gasteiger partial charge is 0.00916 e. The lowest BCUT2D eigenvalue weighted by molar-refractivity contribution is 0.455. The summed E-state index contributed by atoms with van der Waals surface area (Å²) in [5.74, 6) is 1.16. The van der Waals surface area contributed by atoms with Crippen molar-refractivity contribution in [2.75, 3.05) is 0 Å². The van der Waals surface area contributed by atoms with E-state index in [2.05, 4.69) is 20.8 Å². The van der Waals surface area contributed by atoms with Gasteiger partial charge < -0.3 is 5.41 Å². The predicted octanol–water partition coefficient (Wildman–Crippen LogP) is 3.10. The van der Waals surface area contributed by atoms with Crippen LogP contribution in [0.4, 0.5) is 0 Å². The fraction of sp³-hybridized carbons (Fsp3) is 0.889. The minimum Gasteiger partial charge on any atom is -0.310 e. The first-order valence-electron chi connectivity index (χ1n) is 4.14. The van der Waals surface area contributed by atoms with Crippen molar-refractivity contribution < 1.29 is 0 Å². The van der Waals surface area contributed by atoms with Crippen molar-refractivity contribution in [3.8, 4) is 0 Å². The lowest BCUT2D eigenvalue weighted by atomic mass is 9.88. The Labute approximate surface area is 64.3 Å². The Morgan fingerprint density at radius 2 is 1.90 bits per heavy atom. The van der Waals surface area contributed by atoms with E-state index < -0.39 is 0 Å². The van der Waals surface area contributed by atoms with Crippen LogP contribution in [-0.2, 0) is 0 Å². The molecule has 1 atom stereocenters. The third-order valence-electron chi connectivity index (χ3n) is 1.96. The molecule has 0 bridgehead atoms. The van der Waals surface area contributed by atoms with E-state index in [1.54, 1.807) is 0 Å². The van der Waals surface area contributed by atoms with Gasteiger partial charge in [-0.15, -0.1) is 0 Å². The average Bonchev–Trinajstić information content (AvgIpc) is 1.81. The third-order valence-corrected chi connectivity index (χ3v) is 1.96. The van der Waals surface area contributed by atoms with E-state index in [-0.39, 0.29) is 0 Å². The van der Waals surface area contributed by atoms with Gasteiger partial charge in [0.1, 0.15) is 0 Å². The van der Waals surface area contributed by atoms with Crippen LogP contribution in [0.15, 0.2) is 0 Å². The van der Waals surface area contributed by atoms with Gasteiger partial charge >= 0.3 is 0 Å². The summed E-state index contributed by atoms with van der Waals surface area (Å²) < 4.78 is 0. The molecule has 0 fully saturated rings. The van der Waals surface area contributed by atoms with Crippen LogP contribution in [0.1, 0.15) is 40.5 Å². The first-order valence-corrected chi connectivity index (χ1v) is 4.14. The molecule has 10 heavy (non-hydrogen) atoms. The molecule has 60 valence electrons. The maximum Gasteiger partial charge on any atom is 0.00916 e. The monoisotopic (exact) mass is 141 g/mol. The summed E-state index contributed by atoms with van der Waals surface area (Å²) in [6, 6.07) is 0. The van der Waals surface area contributed by atoms with E-state index in [4.69, 9.17) is 5.41 Å². The Kier molecular flexibility index (Phi) is 4.33. The molecule has 1 heteroatoms. The summed E-state index contributed by atoms with van der Waals surface area (Å²) in [5.41, 5.74) is 0.844. The molecule has 1 unspecified atom stereocenters. The molecule has 0 saturated heterocycles. The van der Waals surface area contributed by atoms with E-state index in [0.717, 1.165) is 5.71 Å². The molecule has 0 aromatic heterocycles. The van der Waals surface area contributed by atoms with Crippen molar-refractivity contribution >= 4 is 5.71 Å². The fourth-order valence-corrected chi connectivity index (χ4v) is 1.36. The van der Waals surface area contributed by atoms with Gasteiger partial charge in [0.15, 0.2) is 0 Å². The molecule has 0 aromatic carbocycles. The van der Waals surface area contributed by atoms with Crippen LogP contribution in [0.2, 0.25) is 0 Å². The molecule has 0 heterocycles. The summed E-state index contributed by atoms with van der Waals surface area (Å²) in [5, 5.41) is 7.49. The minimum atomic E-state index is 0.519. The highest BCUT2D eigenvalue weighted by molar-refractivity contribution is 5.81. The quantitative estimate of drug-likeness (QED) is 0.582. The first-order chi connectivity index (χ1) is 4.59. The lowest BCUT2D eigenvalue weighted by Gasteiger charge is -2.18. The molecule has 0 radical (unpaired) electrons. The van der Waals surface area contributed by atoms with Gasteiger partial charge in [-0.25, -0.2) is 0 Å². The highest BCUT2D eigenvalue weighted by Crippen LogP contribution is 2.17. The van der Waals surface area contributed by atoms with Crippen molar-refractivity contribution in [1.29, 1.82) is 5.41 Å². The largest absolute Gasteiger partial charge is 0.310 e. The van der Waals surface area contributed by atoms with E-state index >= 15 is 0 Å². The minimum absolute atomic E-state index is 0.519. The maximum absolute atomic E-state index is 7.49. The number of hydrogen-bond donors (Lipinski definition) is 1. The van der Waals surface area contributed by atoms with Crippen LogP contribution < -0.4 is 0 Å². The Morgan fingerprint density at radius 1 is 1.40 bits per heavy atom. The van der Waals surface area contributed by atoms with Crippen LogP contribution in [0, 0.1) is 17.2 Å². The van der Waals surface area contributed by atoms with E-state index in [9.17, 15) is 0 Å². The lowest BCUT2D eigenvalue weighted by Crippen LogP contribution is -2.16. The SMILES string of the molecule is CCCC(C(C)=N)C(C)C. The van der Waals surface area contributed by atoms with Crippen LogP contribution in [0.5, 0.6) is 0 Å². The van der Waals surface area contributed by atoms with E-state index in [1.807, 2.05) is 6.92 Å². The van der Waals surface area contributed by atoms with Gasteiger partial charge in [0, 0.05) is 5.71 Å². The topological polar surface area (TPSA) is 23.9 Å². The standard InChI is InChI=1S/C9H19N/c1-5-6-9(7(2)3)8(4)10/h7,9-10H,5-6H2,1-4H3. The summed E-state index contributed by atoms with van der Waals surface area (Å²) in [6.45, 7) is 8.48. The van der Waals surface area contributed by atoms with E-state index in [1.165, 1.54) is 12.8 Å². The Hall–Kier alpha value is -0.330. The van der Waals surface area contributed by atoms with Crippen LogP contribution in [0.25, 0.3) is 0 Å². The van der Waals surface area contributed by atoms with Gasteiger partial charge in [0.25, 0.3) is 0 Å². The molecule has 0 amide bonds. The summed E-state index contributed by atoms with van der Waals surface area (Å²) in [4.78, 5) is 0. The number of rotatable bonds is 4. The second-order valence-corrected chi connectivity index (χ2v) is 3.32. The van der Waals surface area contributed by atoms with Gasteiger partial charge in [-0.2, -0.15) is 0 Å². The Bertz CT molecular complexity index is 105. The van der Waals surface area contributed by atoms with Crippen LogP contribution in [0.3, 0.4) is 0 Å². The summed E-state index contributed by atoms with van der Waals surface area (Å²) >= 11 is 0. The molecule has 0 aliphatic rings. The van der Waals surface area contributed by atoms with Crippen LogP contribution in [-0.4, -0.2) is 5.71 Å². The molecule has 1 N–H and O–H groups in total. The van der Waals surface area contributed by atoms with Crippen molar-refractivity contribution in [2.45, 2.75) is 40.5 Å². The zero-order valence-electron chi connectivity index (χ0n) is 7.57. The fourth-order valence-electron chi connectivity index (χ4n) is 1.36. The molecule has 0 rings (SSSR count).